The number of aliphatic hydroxyl groups is 1. The van der Waals surface area contributed by atoms with Crippen molar-refractivity contribution >= 4 is 39.5 Å². The van der Waals surface area contributed by atoms with Crippen molar-refractivity contribution < 1.29 is 80.2 Å². The van der Waals surface area contributed by atoms with E-state index in [0.29, 0.717) is 25.7 Å². The lowest BCUT2D eigenvalue weighted by Gasteiger charge is -2.21. The van der Waals surface area contributed by atoms with Gasteiger partial charge in [-0.15, -0.1) is 0 Å². The summed E-state index contributed by atoms with van der Waals surface area (Å²) in [7, 11) is -9.90. The second-order valence-corrected chi connectivity index (χ2v) is 29.3. The smallest absolute Gasteiger partial charge is 0.462 e. The van der Waals surface area contributed by atoms with Crippen LogP contribution in [-0.2, 0) is 65.4 Å². The largest absolute Gasteiger partial charge is 0.472 e. The topological polar surface area (TPSA) is 237 Å². The van der Waals surface area contributed by atoms with Gasteiger partial charge in [0.2, 0.25) is 0 Å². The Balaban J connectivity index is 5.23. The Morgan fingerprint density at radius 1 is 0.322 bits per heavy atom. The van der Waals surface area contributed by atoms with Gasteiger partial charge in [0, 0.05) is 25.7 Å². The second-order valence-electron chi connectivity index (χ2n) is 26.3. The normalized spacial score (nSPS) is 14.4. The Morgan fingerprint density at radius 2 is 0.567 bits per heavy atom. The van der Waals surface area contributed by atoms with Crippen molar-refractivity contribution in [3.05, 3.63) is 0 Å². The molecule has 0 aromatic carbocycles. The summed E-state index contributed by atoms with van der Waals surface area (Å²) < 4.78 is 68.3. The van der Waals surface area contributed by atoms with Gasteiger partial charge in [0.05, 0.1) is 26.4 Å². The first-order chi connectivity index (χ1) is 43.4. The molecule has 0 saturated heterocycles. The summed E-state index contributed by atoms with van der Waals surface area (Å²) in [6.45, 7) is 9.50. The van der Waals surface area contributed by atoms with E-state index in [9.17, 15) is 43.2 Å². The Labute approximate surface area is 549 Å². The predicted molar refractivity (Wildman–Crippen MR) is 363 cm³/mol. The highest BCUT2D eigenvalue weighted by atomic mass is 31.2. The van der Waals surface area contributed by atoms with Gasteiger partial charge in [-0.25, -0.2) is 9.13 Å². The molecular formula is C71H138O17P2. The highest BCUT2D eigenvalue weighted by molar-refractivity contribution is 7.47. The van der Waals surface area contributed by atoms with Gasteiger partial charge in [0.15, 0.2) is 12.2 Å². The van der Waals surface area contributed by atoms with Gasteiger partial charge < -0.3 is 33.8 Å². The fraction of sp³-hybridized carbons (Fsp3) is 0.944. The maximum absolute atomic E-state index is 13.0. The third-order valence-corrected chi connectivity index (χ3v) is 18.7. The van der Waals surface area contributed by atoms with E-state index in [1.807, 2.05) is 0 Å². The quantitative estimate of drug-likeness (QED) is 0.0222. The fourth-order valence-corrected chi connectivity index (χ4v) is 12.3. The van der Waals surface area contributed by atoms with Crippen LogP contribution in [0.3, 0.4) is 0 Å². The highest BCUT2D eigenvalue weighted by Gasteiger charge is 2.30. The molecule has 0 aliphatic rings. The molecule has 0 aromatic rings. The standard InChI is InChI=1S/C71H138O17P2/c1-7-10-12-14-16-18-19-20-21-22-23-24-27-32-36-43-49-55-70(75)87-66(59-82-69(74)54-48-42-35-31-28-25-26-30-33-39-45-51-63(4)5)61-85-89(77,78)83-57-65(72)58-84-90(79,80)86-62-67(60-81-68(73)53-47-41-34-29-17-15-13-11-8-2)88-71(76)56-50-44-38-37-40-46-52-64(6)9-3/h63-67,72H,7-62H2,1-6H3,(H,77,78)(H,79,80)/t64?,65-,66-,67-/m1/s1. The molecule has 0 aliphatic carbocycles. The van der Waals surface area contributed by atoms with Crippen molar-refractivity contribution in [2.24, 2.45) is 11.8 Å². The van der Waals surface area contributed by atoms with Crippen molar-refractivity contribution in [3.8, 4) is 0 Å². The lowest BCUT2D eigenvalue weighted by molar-refractivity contribution is -0.161. The van der Waals surface area contributed by atoms with Crippen LogP contribution < -0.4 is 0 Å². The average molecular weight is 1330 g/mol. The van der Waals surface area contributed by atoms with Crippen LogP contribution in [-0.4, -0.2) is 96.7 Å². The zero-order valence-electron chi connectivity index (χ0n) is 58.4. The van der Waals surface area contributed by atoms with Crippen molar-refractivity contribution in [1.82, 2.24) is 0 Å². The number of unbranched alkanes of at least 4 members (excludes halogenated alkanes) is 39. The highest BCUT2D eigenvalue weighted by Crippen LogP contribution is 2.45. The lowest BCUT2D eigenvalue weighted by atomic mass is 10.00. The maximum Gasteiger partial charge on any atom is 0.472 e. The van der Waals surface area contributed by atoms with Crippen LogP contribution in [0.1, 0.15) is 363 Å². The van der Waals surface area contributed by atoms with E-state index in [2.05, 4.69) is 41.5 Å². The van der Waals surface area contributed by atoms with Crippen LogP contribution in [0.4, 0.5) is 0 Å². The summed E-state index contributed by atoms with van der Waals surface area (Å²) >= 11 is 0. The monoisotopic (exact) mass is 1320 g/mol. The van der Waals surface area contributed by atoms with Crippen LogP contribution in [0.5, 0.6) is 0 Å². The Bertz CT molecular complexity index is 1750. The van der Waals surface area contributed by atoms with Crippen molar-refractivity contribution in [2.75, 3.05) is 39.6 Å². The summed E-state index contributed by atoms with van der Waals surface area (Å²) in [6, 6.07) is 0. The van der Waals surface area contributed by atoms with Gasteiger partial charge in [-0.05, 0) is 37.5 Å². The molecule has 17 nitrogen and oxygen atoms in total. The predicted octanol–water partition coefficient (Wildman–Crippen LogP) is 20.4. The molecule has 0 rings (SSSR count). The molecule has 19 heteroatoms. The van der Waals surface area contributed by atoms with Gasteiger partial charge in [0.1, 0.15) is 19.3 Å². The van der Waals surface area contributed by atoms with E-state index in [-0.39, 0.29) is 25.7 Å². The second kappa shape index (κ2) is 63.1. The number of hydrogen-bond acceptors (Lipinski definition) is 15. The first-order valence-corrected chi connectivity index (χ1v) is 40.0. The molecule has 0 amide bonds. The van der Waals surface area contributed by atoms with Gasteiger partial charge in [0.25, 0.3) is 0 Å². The molecule has 0 bridgehead atoms. The van der Waals surface area contributed by atoms with E-state index < -0.39 is 97.5 Å². The number of carbonyl (C=O) groups excluding carboxylic acids is 4. The number of rotatable bonds is 70. The van der Waals surface area contributed by atoms with Crippen molar-refractivity contribution in [2.45, 2.75) is 381 Å². The molecule has 90 heavy (non-hydrogen) atoms. The number of hydrogen-bond donors (Lipinski definition) is 3. The van der Waals surface area contributed by atoms with Gasteiger partial charge >= 0.3 is 39.5 Å². The van der Waals surface area contributed by atoms with Crippen LogP contribution in [0.15, 0.2) is 0 Å². The van der Waals surface area contributed by atoms with Crippen LogP contribution in [0.2, 0.25) is 0 Å². The molecule has 0 aliphatic heterocycles. The molecule has 0 heterocycles. The van der Waals surface area contributed by atoms with E-state index in [4.69, 9.17) is 37.0 Å². The van der Waals surface area contributed by atoms with Crippen molar-refractivity contribution in [3.63, 3.8) is 0 Å². The molecular weight excluding hydrogens is 1190 g/mol. The summed E-state index contributed by atoms with van der Waals surface area (Å²) in [6.07, 6.45) is 48.6. The zero-order chi connectivity index (χ0) is 66.5. The van der Waals surface area contributed by atoms with E-state index in [1.165, 1.54) is 180 Å². The van der Waals surface area contributed by atoms with E-state index >= 15 is 0 Å². The molecule has 3 unspecified atom stereocenters. The third-order valence-electron chi connectivity index (χ3n) is 16.8. The minimum atomic E-state index is -4.95. The number of esters is 4. The molecule has 0 aromatic heterocycles. The van der Waals surface area contributed by atoms with Gasteiger partial charge in [-0.2, -0.15) is 0 Å². The summed E-state index contributed by atoms with van der Waals surface area (Å²) in [4.78, 5) is 72.5. The van der Waals surface area contributed by atoms with Crippen LogP contribution >= 0.6 is 15.6 Å². The van der Waals surface area contributed by atoms with Gasteiger partial charge in [-0.3, -0.25) is 37.3 Å². The third kappa shape index (κ3) is 63.5. The summed E-state index contributed by atoms with van der Waals surface area (Å²) in [5, 5.41) is 10.6. The molecule has 534 valence electrons. The van der Waals surface area contributed by atoms with Crippen LogP contribution in [0.25, 0.3) is 0 Å². The van der Waals surface area contributed by atoms with Gasteiger partial charge in [-0.1, -0.05) is 311 Å². The SMILES string of the molecule is CCCCCCCCCCCCCCCCCCCC(=O)O[C@H](COC(=O)CCCCCCCCCCCCCC(C)C)COP(=O)(O)OC[C@@H](O)COP(=O)(O)OC[C@@H](COC(=O)CCCCCCCCCCC)OC(=O)CCCCCCCCC(C)CC. The van der Waals surface area contributed by atoms with Crippen molar-refractivity contribution in [1.29, 1.82) is 0 Å². The summed E-state index contributed by atoms with van der Waals surface area (Å²) in [5.74, 6) is -0.634. The molecule has 0 saturated carbocycles. The zero-order valence-corrected chi connectivity index (χ0v) is 60.2. The molecule has 0 fully saturated rings. The number of phosphoric ester groups is 2. The Morgan fingerprint density at radius 3 is 0.844 bits per heavy atom. The minimum Gasteiger partial charge on any atom is -0.462 e. The molecule has 6 atom stereocenters. The maximum atomic E-state index is 13.0. The number of carbonyl (C=O) groups is 4. The lowest BCUT2D eigenvalue weighted by Crippen LogP contribution is -2.30. The van der Waals surface area contributed by atoms with Crippen LogP contribution in [0, 0.1) is 11.8 Å². The molecule has 0 radical (unpaired) electrons. The number of aliphatic hydroxyl groups excluding tert-OH is 1. The summed E-state index contributed by atoms with van der Waals surface area (Å²) in [5.41, 5.74) is 0. The van der Waals surface area contributed by atoms with E-state index in [1.54, 1.807) is 0 Å². The fourth-order valence-electron chi connectivity index (χ4n) is 10.7. The Kier molecular flexibility index (Phi) is 61.8. The molecule has 3 N–H and O–H groups in total. The number of ether oxygens (including phenoxy) is 4. The first kappa shape index (κ1) is 88.1. The number of phosphoric acid groups is 2. The molecule has 0 spiro atoms. The minimum absolute atomic E-state index is 0.103. The Hall–Kier alpha value is -1.94. The average Bonchev–Trinajstić information content (AvgIpc) is 3.54. The van der Waals surface area contributed by atoms with E-state index in [0.717, 1.165) is 102 Å². The first-order valence-electron chi connectivity index (χ1n) is 37.0.